The van der Waals surface area contributed by atoms with Crippen LogP contribution in [-0.4, -0.2) is 23.0 Å². The van der Waals surface area contributed by atoms with Crippen LogP contribution in [0.4, 0.5) is 4.39 Å². The highest BCUT2D eigenvalue weighted by atomic mass is 35.5. The lowest BCUT2D eigenvalue weighted by Crippen LogP contribution is -2.30. The van der Waals surface area contributed by atoms with E-state index in [1.165, 1.54) is 24.1 Å². The second-order valence-corrected chi connectivity index (χ2v) is 6.16. The number of ether oxygens (including phenoxy) is 1. The van der Waals surface area contributed by atoms with Gasteiger partial charge in [-0.15, -0.1) is 0 Å². The summed E-state index contributed by atoms with van der Waals surface area (Å²) in [4.78, 5) is 14.0. The van der Waals surface area contributed by atoms with Gasteiger partial charge in [0.2, 0.25) is 0 Å². The molecule has 0 bridgehead atoms. The van der Waals surface area contributed by atoms with Crippen LogP contribution in [0.1, 0.15) is 11.1 Å². The minimum atomic E-state index is -0.502. The van der Waals surface area contributed by atoms with Gasteiger partial charge >= 0.3 is 0 Å². The van der Waals surface area contributed by atoms with Gasteiger partial charge in [-0.25, -0.2) is 4.39 Å². The Bertz CT molecular complexity index is 885. The van der Waals surface area contributed by atoms with E-state index in [1.807, 2.05) is 18.2 Å². The van der Waals surface area contributed by atoms with Crippen molar-refractivity contribution in [2.24, 2.45) is 0 Å². The van der Waals surface area contributed by atoms with Crippen molar-refractivity contribution in [3.8, 4) is 5.75 Å². The number of methoxy groups -OCH3 is 1. The van der Waals surface area contributed by atoms with Gasteiger partial charge in [0.15, 0.2) is 16.7 Å². The molecule has 7 heteroatoms. The van der Waals surface area contributed by atoms with Crippen molar-refractivity contribution in [3.05, 3.63) is 70.1 Å². The largest absolute Gasteiger partial charge is 0.494 e. The van der Waals surface area contributed by atoms with Gasteiger partial charge in [0.1, 0.15) is 5.70 Å². The molecule has 2 aromatic rings. The Morgan fingerprint density at radius 3 is 2.76 bits per heavy atom. The molecule has 25 heavy (non-hydrogen) atoms. The van der Waals surface area contributed by atoms with Crippen molar-refractivity contribution in [2.75, 3.05) is 7.11 Å². The molecule has 0 saturated carbocycles. The summed E-state index contributed by atoms with van der Waals surface area (Å²) in [6.07, 6.45) is 1.55. The lowest BCUT2D eigenvalue weighted by molar-refractivity contribution is -0.122. The maximum absolute atomic E-state index is 13.8. The number of carbonyl (C=O) groups excluding carboxylic acids is 1. The highest BCUT2D eigenvalue weighted by molar-refractivity contribution is 7.80. The predicted octanol–water partition coefficient (Wildman–Crippen LogP) is 3.75. The summed E-state index contributed by atoms with van der Waals surface area (Å²) in [5, 5.41) is 3.71. The van der Waals surface area contributed by atoms with E-state index in [9.17, 15) is 9.18 Å². The van der Waals surface area contributed by atoms with E-state index < -0.39 is 5.82 Å². The zero-order chi connectivity index (χ0) is 18.0. The number of halogens is 2. The number of nitrogens with zero attached hydrogens (tertiary/aromatic N) is 1. The first-order chi connectivity index (χ1) is 12.0. The third kappa shape index (κ3) is 3.65. The fraction of sp³-hybridized carbons (Fsp3) is 0.111. The van der Waals surface area contributed by atoms with Crippen molar-refractivity contribution in [3.63, 3.8) is 0 Å². The second kappa shape index (κ2) is 7.21. The molecular weight excluding hydrogens is 363 g/mol. The van der Waals surface area contributed by atoms with Gasteiger partial charge in [-0.1, -0.05) is 35.9 Å². The van der Waals surface area contributed by atoms with Crippen LogP contribution in [-0.2, 0) is 11.3 Å². The Morgan fingerprint density at radius 2 is 2.08 bits per heavy atom. The van der Waals surface area contributed by atoms with E-state index in [4.69, 9.17) is 28.6 Å². The molecule has 0 aromatic heterocycles. The Hall–Kier alpha value is -2.44. The fourth-order valence-corrected chi connectivity index (χ4v) is 2.90. The minimum absolute atomic E-state index is 0.142. The Balaban J connectivity index is 1.83. The molecule has 128 valence electrons. The van der Waals surface area contributed by atoms with Gasteiger partial charge in [0.25, 0.3) is 5.91 Å². The molecule has 1 fully saturated rings. The Kier molecular flexibility index (Phi) is 5.01. The van der Waals surface area contributed by atoms with Crippen LogP contribution >= 0.6 is 23.8 Å². The van der Waals surface area contributed by atoms with Crippen LogP contribution in [0.25, 0.3) is 6.08 Å². The lowest BCUT2D eigenvalue weighted by atomic mass is 10.1. The topological polar surface area (TPSA) is 41.6 Å². The minimum Gasteiger partial charge on any atom is -0.494 e. The SMILES string of the molecule is COc1ccc(/C=C2\NC(=S)N(Cc3ccccc3Cl)C2=O)cc1F. The molecule has 2 aromatic carbocycles. The fourth-order valence-electron chi connectivity index (χ4n) is 2.45. The third-order valence-electron chi connectivity index (χ3n) is 3.74. The summed E-state index contributed by atoms with van der Waals surface area (Å²) in [7, 11) is 1.39. The number of benzene rings is 2. The first-order valence-corrected chi connectivity index (χ1v) is 8.19. The maximum atomic E-state index is 13.8. The van der Waals surface area contributed by atoms with Gasteiger partial charge in [-0.3, -0.25) is 9.69 Å². The standard InChI is InChI=1S/C18H14ClFN2O2S/c1-24-16-7-6-11(8-14(16)20)9-15-17(23)22(18(25)21-15)10-12-4-2-3-5-13(12)19/h2-9H,10H2,1H3,(H,21,25)/b15-9-. The summed E-state index contributed by atoms with van der Waals surface area (Å²) in [6.45, 7) is 0.263. The van der Waals surface area contributed by atoms with Crippen LogP contribution in [0.2, 0.25) is 5.02 Å². The summed E-state index contributed by atoms with van der Waals surface area (Å²) in [6, 6.07) is 11.7. The van der Waals surface area contributed by atoms with Crippen molar-refractivity contribution in [1.82, 2.24) is 10.2 Å². The summed E-state index contributed by atoms with van der Waals surface area (Å²) in [5.41, 5.74) is 1.59. The molecule has 1 heterocycles. The van der Waals surface area contributed by atoms with Crippen molar-refractivity contribution < 1.29 is 13.9 Å². The third-order valence-corrected chi connectivity index (χ3v) is 4.43. The van der Waals surface area contributed by atoms with Gasteiger partial charge < -0.3 is 10.1 Å². The maximum Gasteiger partial charge on any atom is 0.276 e. The molecule has 0 spiro atoms. The van der Waals surface area contributed by atoms with E-state index in [1.54, 1.807) is 18.2 Å². The molecule has 4 nitrogen and oxygen atoms in total. The first-order valence-electron chi connectivity index (χ1n) is 7.41. The van der Waals surface area contributed by atoms with Crippen molar-refractivity contribution in [1.29, 1.82) is 0 Å². The Morgan fingerprint density at radius 1 is 1.32 bits per heavy atom. The average molecular weight is 377 g/mol. The number of thiocarbonyl (C=S) groups is 1. The zero-order valence-electron chi connectivity index (χ0n) is 13.3. The van der Waals surface area contributed by atoms with E-state index in [0.29, 0.717) is 10.6 Å². The van der Waals surface area contributed by atoms with Crippen LogP contribution in [0.5, 0.6) is 5.75 Å². The molecule has 1 aliphatic rings. The zero-order valence-corrected chi connectivity index (χ0v) is 14.8. The highest BCUT2D eigenvalue weighted by Crippen LogP contribution is 2.23. The highest BCUT2D eigenvalue weighted by Gasteiger charge is 2.31. The van der Waals surface area contributed by atoms with Gasteiger partial charge in [-0.2, -0.15) is 0 Å². The van der Waals surface area contributed by atoms with Gasteiger partial charge in [0.05, 0.1) is 13.7 Å². The van der Waals surface area contributed by atoms with E-state index >= 15 is 0 Å². The molecule has 0 atom stereocenters. The molecule has 1 saturated heterocycles. The van der Waals surface area contributed by atoms with Crippen molar-refractivity contribution >= 4 is 40.9 Å². The molecule has 3 rings (SSSR count). The number of hydrogen-bond acceptors (Lipinski definition) is 3. The van der Waals surface area contributed by atoms with Crippen LogP contribution in [0, 0.1) is 5.82 Å². The summed E-state index contributed by atoms with van der Waals surface area (Å²) in [5.74, 6) is -0.650. The Labute approximate surface area is 154 Å². The molecule has 0 aliphatic carbocycles. The van der Waals surface area contributed by atoms with Crippen LogP contribution in [0.3, 0.4) is 0 Å². The number of hydrogen-bond donors (Lipinski definition) is 1. The van der Waals surface area contributed by atoms with Crippen LogP contribution < -0.4 is 10.1 Å². The number of carbonyl (C=O) groups is 1. The first kappa shape index (κ1) is 17.4. The van der Waals surface area contributed by atoms with E-state index in [-0.39, 0.29) is 29.0 Å². The second-order valence-electron chi connectivity index (χ2n) is 5.36. The number of rotatable bonds is 4. The summed E-state index contributed by atoms with van der Waals surface area (Å²) < 4.78 is 18.7. The summed E-state index contributed by atoms with van der Waals surface area (Å²) >= 11 is 11.4. The molecule has 1 amide bonds. The van der Waals surface area contributed by atoms with Gasteiger partial charge in [0, 0.05) is 5.02 Å². The molecule has 1 N–H and O–H groups in total. The van der Waals surface area contributed by atoms with Crippen molar-refractivity contribution in [2.45, 2.75) is 6.54 Å². The van der Waals surface area contributed by atoms with E-state index in [0.717, 1.165) is 5.56 Å². The monoisotopic (exact) mass is 376 g/mol. The normalized spacial score (nSPS) is 15.6. The van der Waals surface area contributed by atoms with E-state index in [2.05, 4.69) is 5.32 Å². The molecule has 0 unspecified atom stereocenters. The lowest BCUT2D eigenvalue weighted by Gasteiger charge is -2.14. The molecule has 0 radical (unpaired) electrons. The number of amides is 1. The average Bonchev–Trinajstić information content (AvgIpc) is 2.84. The molecular formula is C18H14ClFN2O2S. The smallest absolute Gasteiger partial charge is 0.276 e. The van der Waals surface area contributed by atoms with Gasteiger partial charge in [-0.05, 0) is 47.6 Å². The van der Waals surface area contributed by atoms with Crippen LogP contribution in [0.15, 0.2) is 48.2 Å². The predicted molar refractivity (Wildman–Crippen MR) is 98.7 cm³/mol. The molecule has 1 aliphatic heterocycles. The number of nitrogens with one attached hydrogen (secondary N) is 1. The quantitative estimate of drug-likeness (QED) is 0.652.